The van der Waals surface area contributed by atoms with E-state index in [1.54, 1.807) is 30.3 Å². The summed E-state index contributed by atoms with van der Waals surface area (Å²) >= 11 is 6.43. The van der Waals surface area contributed by atoms with E-state index in [1.807, 2.05) is 23.1 Å². The molecule has 0 bridgehead atoms. The number of halogens is 1. The van der Waals surface area contributed by atoms with Crippen LogP contribution in [-0.4, -0.2) is 32.7 Å². The lowest BCUT2D eigenvalue weighted by molar-refractivity contribution is 0.112. The van der Waals surface area contributed by atoms with E-state index < -0.39 is 10.6 Å². The molecule has 2 N–H and O–H groups in total. The molecule has 0 radical (unpaired) electrons. The molecule has 0 atom stereocenters. The van der Waals surface area contributed by atoms with Crippen LogP contribution in [-0.2, 0) is 6.54 Å². The number of aromatic nitrogens is 1. The summed E-state index contributed by atoms with van der Waals surface area (Å²) in [6.45, 7) is 0.978. The standard InChI is InChI=1S/C19H17ClN2O3S/c20-16-10-19(21-17-6-5-13(12-23)9-15(16)17)22-7-8-26(24,25)18-4-2-1-3-14(18)11-22/h1-6,9-10,12,24-25H,7-8,11H2. The first-order valence-corrected chi connectivity index (χ1v) is 10.2. The van der Waals surface area contributed by atoms with Gasteiger partial charge in [0.05, 0.1) is 21.2 Å². The van der Waals surface area contributed by atoms with Crippen LogP contribution >= 0.6 is 22.2 Å². The molecule has 0 amide bonds. The van der Waals surface area contributed by atoms with Crippen molar-refractivity contribution in [2.45, 2.75) is 11.4 Å². The maximum Gasteiger partial charge on any atom is 0.150 e. The number of nitrogens with zero attached hydrogens (tertiary/aromatic N) is 2. The number of aldehydes is 1. The van der Waals surface area contributed by atoms with E-state index in [1.165, 1.54) is 0 Å². The summed E-state index contributed by atoms with van der Waals surface area (Å²) in [5.41, 5.74) is 2.12. The van der Waals surface area contributed by atoms with Crippen molar-refractivity contribution in [2.75, 3.05) is 17.2 Å². The molecule has 2 heterocycles. The molecule has 1 aromatic heterocycles. The second kappa shape index (κ2) is 6.55. The van der Waals surface area contributed by atoms with Gasteiger partial charge in [-0.15, -0.1) is 0 Å². The van der Waals surface area contributed by atoms with Gasteiger partial charge in [0.25, 0.3) is 0 Å². The predicted octanol–water partition coefficient (Wildman–Crippen LogP) is 4.83. The van der Waals surface area contributed by atoms with Crippen molar-refractivity contribution < 1.29 is 13.9 Å². The van der Waals surface area contributed by atoms with Crippen LogP contribution in [0, 0.1) is 0 Å². The maximum absolute atomic E-state index is 11.0. The SMILES string of the molecule is O=Cc1ccc2nc(N3CCS(O)(O)c4ccccc4C3)cc(Cl)c2c1. The van der Waals surface area contributed by atoms with Crippen LogP contribution in [0.4, 0.5) is 5.82 Å². The van der Waals surface area contributed by atoms with Crippen molar-refractivity contribution in [3.63, 3.8) is 0 Å². The molecule has 2 aromatic carbocycles. The van der Waals surface area contributed by atoms with E-state index in [4.69, 9.17) is 11.6 Å². The Hall–Kier alpha value is -2.12. The molecule has 0 saturated carbocycles. The Morgan fingerprint density at radius 1 is 1.15 bits per heavy atom. The first kappa shape index (κ1) is 17.3. The van der Waals surface area contributed by atoms with Crippen molar-refractivity contribution in [3.05, 3.63) is 64.7 Å². The van der Waals surface area contributed by atoms with Crippen LogP contribution in [0.5, 0.6) is 0 Å². The Balaban J connectivity index is 1.77. The summed E-state index contributed by atoms with van der Waals surface area (Å²) in [5.74, 6) is 0.916. The fourth-order valence-electron chi connectivity index (χ4n) is 3.21. The molecular weight excluding hydrogens is 372 g/mol. The molecule has 134 valence electrons. The van der Waals surface area contributed by atoms with Crippen molar-refractivity contribution in [2.24, 2.45) is 0 Å². The molecule has 3 aromatic rings. The summed E-state index contributed by atoms with van der Waals surface area (Å²) in [6, 6.07) is 14.3. The van der Waals surface area contributed by atoms with E-state index in [2.05, 4.69) is 4.98 Å². The Labute approximate surface area is 157 Å². The van der Waals surface area contributed by atoms with Crippen LogP contribution < -0.4 is 4.90 Å². The fraction of sp³-hybridized carbons (Fsp3) is 0.158. The van der Waals surface area contributed by atoms with Crippen LogP contribution in [0.25, 0.3) is 10.9 Å². The van der Waals surface area contributed by atoms with Crippen LogP contribution in [0.1, 0.15) is 15.9 Å². The number of carbonyl (C=O) groups excluding carboxylic acids is 1. The van der Waals surface area contributed by atoms with E-state index in [0.29, 0.717) is 39.9 Å². The van der Waals surface area contributed by atoms with Gasteiger partial charge in [0.15, 0.2) is 0 Å². The first-order chi connectivity index (χ1) is 12.5. The number of hydrogen-bond donors (Lipinski definition) is 2. The van der Waals surface area contributed by atoms with Gasteiger partial charge in [-0.3, -0.25) is 13.9 Å². The zero-order chi connectivity index (χ0) is 18.3. The highest BCUT2D eigenvalue weighted by Gasteiger charge is 2.26. The average molecular weight is 389 g/mol. The molecular formula is C19H17ClN2O3S. The summed E-state index contributed by atoms with van der Waals surface area (Å²) in [4.78, 5) is 18.2. The molecule has 1 aliphatic heterocycles. The Morgan fingerprint density at radius 2 is 1.96 bits per heavy atom. The third-order valence-electron chi connectivity index (χ3n) is 4.56. The monoisotopic (exact) mass is 388 g/mol. The lowest BCUT2D eigenvalue weighted by Gasteiger charge is -2.32. The second-order valence-corrected chi connectivity index (χ2v) is 8.85. The van der Waals surface area contributed by atoms with E-state index in [9.17, 15) is 13.9 Å². The van der Waals surface area contributed by atoms with E-state index in [-0.39, 0.29) is 5.75 Å². The number of carbonyl (C=O) groups is 1. The third kappa shape index (κ3) is 3.05. The molecule has 0 aliphatic carbocycles. The minimum Gasteiger partial charge on any atom is -0.351 e. The van der Waals surface area contributed by atoms with Crippen LogP contribution in [0.15, 0.2) is 53.4 Å². The predicted molar refractivity (Wildman–Crippen MR) is 106 cm³/mol. The molecule has 1 aliphatic rings. The average Bonchev–Trinajstić information content (AvgIpc) is 2.78. The molecule has 0 unspecified atom stereocenters. The lowest BCUT2D eigenvalue weighted by atomic mass is 10.1. The van der Waals surface area contributed by atoms with Gasteiger partial charge < -0.3 is 4.90 Å². The molecule has 0 saturated heterocycles. The molecule has 0 fully saturated rings. The van der Waals surface area contributed by atoms with Crippen molar-refractivity contribution >= 4 is 45.2 Å². The maximum atomic E-state index is 11.0. The Morgan fingerprint density at radius 3 is 2.77 bits per heavy atom. The molecule has 4 rings (SSSR count). The summed E-state index contributed by atoms with van der Waals surface area (Å²) in [7, 11) is -2.82. The smallest absolute Gasteiger partial charge is 0.150 e. The second-order valence-electron chi connectivity index (χ2n) is 6.26. The largest absolute Gasteiger partial charge is 0.351 e. The molecule has 5 nitrogen and oxygen atoms in total. The van der Waals surface area contributed by atoms with E-state index in [0.717, 1.165) is 17.2 Å². The van der Waals surface area contributed by atoms with E-state index >= 15 is 0 Å². The highest BCUT2D eigenvalue weighted by molar-refractivity contribution is 8.24. The number of benzene rings is 2. The Kier molecular flexibility index (Phi) is 4.36. The van der Waals surface area contributed by atoms with Gasteiger partial charge in [0.1, 0.15) is 12.1 Å². The quantitative estimate of drug-likeness (QED) is 0.615. The van der Waals surface area contributed by atoms with Gasteiger partial charge >= 0.3 is 0 Å². The van der Waals surface area contributed by atoms with Crippen molar-refractivity contribution in [3.8, 4) is 0 Å². The topological polar surface area (TPSA) is 73.7 Å². The van der Waals surface area contributed by atoms with Crippen molar-refractivity contribution in [1.82, 2.24) is 4.98 Å². The van der Waals surface area contributed by atoms with Gasteiger partial charge in [-0.2, -0.15) is 10.6 Å². The van der Waals surface area contributed by atoms with Crippen LogP contribution in [0.3, 0.4) is 0 Å². The zero-order valence-corrected chi connectivity index (χ0v) is 15.4. The van der Waals surface area contributed by atoms with Gasteiger partial charge in [-0.25, -0.2) is 4.98 Å². The summed E-state index contributed by atoms with van der Waals surface area (Å²) in [6.07, 6.45) is 0.778. The minimum atomic E-state index is -2.82. The number of fused-ring (bicyclic) bond motifs is 2. The van der Waals surface area contributed by atoms with Gasteiger partial charge in [-0.1, -0.05) is 29.8 Å². The third-order valence-corrected chi connectivity index (χ3v) is 6.73. The first-order valence-electron chi connectivity index (χ1n) is 8.12. The fourth-order valence-corrected chi connectivity index (χ4v) is 5.00. The summed E-state index contributed by atoms with van der Waals surface area (Å²) in [5, 5.41) is 1.23. The lowest BCUT2D eigenvalue weighted by Crippen LogP contribution is -2.26. The zero-order valence-electron chi connectivity index (χ0n) is 13.8. The number of hydrogen-bond acceptors (Lipinski definition) is 5. The summed E-state index contributed by atoms with van der Waals surface area (Å²) < 4.78 is 21.0. The van der Waals surface area contributed by atoms with Gasteiger partial charge in [-0.05, 0) is 35.9 Å². The molecule has 26 heavy (non-hydrogen) atoms. The number of anilines is 1. The van der Waals surface area contributed by atoms with Crippen LogP contribution in [0.2, 0.25) is 5.02 Å². The highest BCUT2D eigenvalue weighted by Crippen LogP contribution is 2.51. The van der Waals surface area contributed by atoms with Crippen molar-refractivity contribution in [1.29, 1.82) is 0 Å². The minimum absolute atomic E-state index is 0.241. The molecule has 0 spiro atoms. The van der Waals surface area contributed by atoms with Gasteiger partial charge in [0.2, 0.25) is 0 Å². The molecule has 7 heteroatoms. The number of rotatable bonds is 2. The normalized spacial score (nSPS) is 17.4. The number of pyridine rings is 1. The Bertz CT molecular complexity index is 1010. The highest BCUT2D eigenvalue weighted by atomic mass is 35.5. The van der Waals surface area contributed by atoms with Gasteiger partial charge in [0, 0.05) is 24.0 Å².